The molecule has 0 heterocycles. The molecule has 7 nitrogen and oxygen atoms in total. The van der Waals surface area contributed by atoms with Crippen LogP contribution < -0.4 is 14.9 Å². The second-order valence-corrected chi connectivity index (χ2v) is 6.12. The van der Waals surface area contributed by atoms with Crippen molar-refractivity contribution in [2.45, 2.75) is 4.90 Å². The molecule has 0 radical (unpaired) electrons. The van der Waals surface area contributed by atoms with Gasteiger partial charge in [-0.1, -0.05) is 0 Å². The Morgan fingerprint density at radius 3 is 1.83 bits per heavy atom. The molecule has 0 atom stereocenters. The summed E-state index contributed by atoms with van der Waals surface area (Å²) in [7, 11) is -4.16. The monoisotopic (exact) mass is 337 g/mol. The third-order valence-corrected chi connectivity index (χ3v) is 4.18. The number of aromatic carboxylic acids is 2. The maximum Gasteiger partial charge on any atom is 0.261 e. The lowest BCUT2D eigenvalue weighted by Gasteiger charge is -2.13. The fraction of sp³-hybridized carbons (Fsp3) is 0. The standard InChI is InChI=1S/C14H10FNO6S/c15-10-1-3-12(4-2-10)23(21,22)16-11-6-8(13(17)18)5-9(7-11)14(19)20/h1-7,16H,(H,17,18)(H,19,20)/p-2. The van der Waals surface area contributed by atoms with Gasteiger partial charge in [-0.25, -0.2) is 12.8 Å². The van der Waals surface area contributed by atoms with Gasteiger partial charge in [-0.2, -0.15) is 0 Å². The Morgan fingerprint density at radius 2 is 1.39 bits per heavy atom. The zero-order valence-corrected chi connectivity index (χ0v) is 12.1. The van der Waals surface area contributed by atoms with Crippen molar-refractivity contribution >= 4 is 27.6 Å². The normalized spacial score (nSPS) is 11.0. The molecule has 0 saturated carbocycles. The molecule has 23 heavy (non-hydrogen) atoms. The first kappa shape index (κ1) is 16.4. The molecule has 2 rings (SSSR count). The highest BCUT2D eigenvalue weighted by atomic mass is 32.2. The zero-order chi connectivity index (χ0) is 17.2. The van der Waals surface area contributed by atoms with Gasteiger partial charge in [0, 0.05) is 0 Å². The van der Waals surface area contributed by atoms with Gasteiger partial charge in [0.15, 0.2) is 0 Å². The van der Waals surface area contributed by atoms with E-state index in [2.05, 4.69) is 0 Å². The molecule has 0 bridgehead atoms. The van der Waals surface area contributed by atoms with Gasteiger partial charge in [-0.15, -0.1) is 0 Å². The van der Waals surface area contributed by atoms with Crippen LogP contribution in [0.5, 0.6) is 0 Å². The first-order chi connectivity index (χ1) is 10.7. The van der Waals surface area contributed by atoms with Gasteiger partial charge in [0.1, 0.15) is 5.82 Å². The minimum absolute atomic E-state index is 0.284. The summed E-state index contributed by atoms with van der Waals surface area (Å²) in [5.41, 5.74) is -1.39. The summed E-state index contributed by atoms with van der Waals surface area (Å²) in [5.74, 6) is -4.01. The van der Waals surface area contributed by atoms with E-state index in [0.29, 0.717) is 0 Å². The predicted molar refractivity (Wildman–Crippen MR) is 72.3 cm³/mol. The van der Waals surface area contributed by atoms with Gasteiger partial charge in [-0.05, 0) is 53.6 Å². The molecule has 0 saturated heterocycles. The molecule has 1 N–H and O–H groups in total. The predicted octanol–water partition coefficient (Wildman–Crippen LogP) is -0.647. The van der Waals surface area contributed by atoms with E-state index in [9.17, 15) is 32.6 Å². The molecule has 0 aliphatic carbocycles. The minimum Gasteiger partial charge on any atom is -0.545 e. The average Bonchev–Trinajstić information content (AvgIpc) is 2.46. The lowest BCUT2D eigenvalue weighted by Crippen LogP contribution is -2.26. The van der Waals surface area contributed by atoms with Crippen molar-refractivity contribution in [2.75, 3.05) is 4.72 Å². The van der Waals surface area contributed by atoms with Crippen LogP contribution in [-0.2, 0) is 10.0 Å². The van der Waals surface area contributed by atoms with Crippen molar-refractivity contribution in [1.82, 2.24) is 0 Å². The lowest BCUT2D eigenvalue weighted by molar-refractivity contribution is -0.255. The van der Waals surface area contributed by atoms with E-state index < -0.39 is 38.9 Å². The Balaban J connectivity index is 2.44. The highest BCUT2D eigenvalue weighted by Crippen LogP contribution is 2.19. The number of benzene rings is 2. The van der Waals surface area contributed by atoms with E-state index in [0.717, 1.165) is 42.5 Å². The number of carbonyl (C=O) groups is 2. The number of halogens is 1. The van der Waals surface area contributed by atoms with Crippen molar-refractivity contribution in [3.63, 3.8) is 0 Å². The third kappa shape index (κ3) is 3.83. The average molecular weight is 337 g/mol. The Labute approximate surface area is 130 Å². The summed E-state index contributed by atoms with van der Waals surface area (Å²) >= 11 is 0. The molecular formula is C14H8FNO6S-2. The van der Waals surface area contributed by atoms with Gasteiger partial charge in [-0.3, -0.25) is 4.72 Å². The second kappa shape index (κ2) is 6.05. The Kier molecular flexibility index (Phi) is 4.32. The minimum atomic E-state index is -4.16. The molecule has 0 fully saturated rings. The van der Waals surface area contributed by atoms with Gasteiger partial charge in [0.05, 0.1) is 22.5 Å². The first-order valence-corrected chi connectivity index (χ1v) is 7.53. The Bertz CT molecular complexity index is 844. The number of hydrogen-bond acceptors (Lipinski definition) is 6. The number of carbonyl (C=O) groups excluding carboxylic acids is 2. The number of rotatable bonds is 5. The van der Waals surface area contributed by atoms with E-state index >= 15 is 0 Å². The topological polar surface area (TPSA) is 126 Å². The molecular weight excluding hydrogens is 329 g/mol. The van der Waals surface area contributed by atoms with E-state index in [1.54, 1.807) is 0 Å². The van der Waals surface area contributed by atoms with Gasteiger partial charge in [0.2, 0.25) is 0 Å². The Morgan fingerprint density at radius 1 is 0.913 bits per heavy atom. The smallest absolute Gasteiger partial charge is 0.261 e. The number of nitrogens with one attached hydrogen (secondary N) is 1. The van der Waals surface area contributed by atoms with Crippen LogP contribution in [0.4, 0.5) is 10.1 Å². The second-order valence-electron chi connectivity index (χ2n) is 4.43. The maximum absolute atomic E-state index is 12.8. The molecule has 120 valence electrons. The number of sulfonamides is 1. The summed E-state index contributed by atoms with van der Waals surface area (Å²) in [6.07, 6.45) is 0. The molecule has 2 aromatic carbocycles. The van der Waals surface area contributed by atoms with Gasteiger partial charge < -0.3 is 19.8 Å². The van der Waals surface area contributed by atoms with Crippen LogP contribution in [0.25, 0.3) is 0 Å². The quantitative estimate of drug-likeness (QED) is 0.773. The van der Waals surface area contributed by atoms with Crippen molar-refractivity contribution in [1.29, 1.82) is 0 Å². The number of carboxylic acid groups (broad SMARTS) is 2. The molecule has 0 aliphatic heterocycles. The molecule has 2 aromatic rings. The number of hydrogen-bond donors (Lipinski definition) is 1. The van der Waals surface area contributed by atoms with Crippen molar-refractivity contribution < 1.29 is 32.6 Å². The fourth-order valence-electron chi connectivity index (χ4n) is 1.75. The van der Waals surface area contributed by atoms with Crippen molar-refractivity contribution in [3.8, 4) is 0 Å². The SMILES string of the molecule is O=C([O-])c1cc(NS(=O)(=O)c2ccc(F)cc2)cc(C(=O)[O-])c1. The van der Waals surface area contributed by atoms with Crippen molar-refractivity contribution in [2.24, 2.45) is 0 Å². The lowest BCUT2D eigenvalue weighted by atomic mass is 10.1. The summed E-state index contributed by atoms with van der Waals surface area (Å²) in [6.45, 7) is 0. The summed E-state index contributed by atoms with van der Waals surface area (Å²) < 4.78 is 39.1. The fourth-order valence-corrected chi connectivity index (χ4v) is 2.79. The Hall–Kier alpha value is -2.94. The van der Waals surface area contributed by atoms with Crippen LogP contribution in [0.3, 0.4) is 0 Å². The van der Waals surface area contributed by atoms with Crippen LogP contribution >= 0.6 is 0 Å². The molecule has 0 aromatic heterocycles. The maximum atomic E-state index is 12.8. The molecule has 0 spiro atoms. The van der Waals surface area contributed by atoms with Crippen molar-refractivity contribution in [3.05, 3.63) is 59.4 Å². The van der Waals surface area contributed by atoms with E-state index in [1.165, 1.54) is 0 Å². The first-order valence-electron chi connectivity index (χ1n) is 6.05. The summed E-state index contributed by atoms with van der Waals surface area (Å²) in [6, 6.07) is 6.42. The van der Waals surface area contributed by atoms with Crippen LogP contribution in [0, 0.1) is 5.82 Å². The summed E-state index contributed by atoms with van der Waals surface area (Å²) in [5, 5.41) is 21.7. The highest BCUT2D eigenvalue weighted by Gasteiger charge is 2.15. The van der Waals surface area contributed by atoms with E-state index in [1.807, 2.05) is 4.72 Å². The number of carboxylic acids is 2. The van der Waals surface area contributed by atoms with E-state index in [4.69, 9.17) is 0 Å². The largest absolute Gasteiger partial charge is 0.545 e. The van der Waals surface area contributed by atoms with Crippen LogP contribution in [0.15, 0.2) is 47.4 Å². The third-order valence-electron chi connectivity index (χ3n) is 2.78. The molecule has 0 unspecified atom stereocenters. The van der Waals surface area contributed by atoms with Crippen LogP contribution in [0.1, 0.15) is 20.7 Å². The van der Waals surface area contributed by atoms with E-state index in [-0.39, 0.29) is 10.6 Å². The van der Waals surface area contributed by atoms with Crippen LogP contribution in [0.2, 0.25) is 0 Å². The zero-order valence-electron chi connectivity index (χ0n) is 11.3. The highest BCUT2D eigenvalue weighted by molar-refractivity contribution is 7.92. The molecule has 0 amide bonds. The number of anilines is 1. The van der Waals surface area contributed by atoms with Crippen LogP contribution in [-0.4, -0.2) is 20.4 Å². The molecule has 0 aliphatic rings. The molecule has 9 heteroatoms. The van der Waals surface area contributed by atoms with Gasteiger partial charge in [0.25, 0.3) is 10.0 Å². The summed E-state index contributed by atoms with van der Waals surface area (Å²) in [4.78, 5) is 21.4. The van der Waals surface area contributed by atoms with Gasteiger partial charge >= 0.3 is 0 Å².